The van der Waals surface area contributed by atoms with Gasteiger partial charge in [-0.05, 0) is 37.1 Å². The van der Waals surface area contributed by atoms with Crippen molar-refractivity contribution >= 4 is 5.91 Å². The van der Waals surface area contributed by atoms with Gasteiger partial charge in [-0.3, -0.25) is 9.78 Å². The van der Waals surface area contributed by atoms with E-state index in [1.807, 2.05) is 29.2 Å². The van der Waals surface area contributed by atoms with Gasteiger partial charge in [-0.2, -0.15) is 0 Å². The van der Waals surface area contributed by atoms with Crippen LogP contribution in [0.25, 0.3) is 0 Å². The molecule has 0 unspecified atom stereocenters. The summed E-state index contributed by atoms with van der Waals surface area (Å²) in [4.78, 5) is 20.0. The predicted molar refractivity (Wildman–Crippen MR) is 90.4 cm³/mol. The summed E-state index contributed by atoms with van der Waals surface area (Å²) >= 11 is 0. The van der Waals surface area contributed by atoms with Crippen LogP contribution in [0, 0.1) is 5.41 Å². The van der Waals surface area contributed by atoms with Gasteiger partial charge >= 0.3 is 0 Å². The van der Waals surface area contributed by atoms with Crippen molar-refractivity contribution in [3.8, 4) is 0 Å². The second-order valence-corrected chi connectivity index (χ2v) is 6.85. The molecular formula is C19H23N3O2. The van der Waals surface area contributed by atoms with Crippen LogP contribution in [0.4, 0.5) is 0 Å². The third-order valence-electron chi connectivity index (χ3n) is 5.45. The minimum absolute atomic E-state index is 0.114. The molecule has 2 aromatic rings. The lowest BCUT2D eigenvalue weighted by molar-refractivity contribution is -0.155. The minimum Gasteiger partial charge on any atom is -0.384 e. The van der Waals surface area contributed by atoms with Crippen LogP contribution in [0.3, 0.4) is 0 Å². The number of rotatable bonds is 4. The number of carbonyl (C=O) groups excluding carboxylic acids is 1. The Kier molecular flexibility index (Phi) is 3.88. The van der Waals surface area contributed by atoms with Crippen LogP contribution in [-0.2, 0) is 16.1 Å². The third kappa shape index (κ3) is 2.35. The third-order valence-corrected chi connectivity index (χ3v) is 5.45. The molecular weight excluding hydrogens is 302 g/mol. The molecule has 2 aromatic heterocycles. The maximum Gasteiger partial charge on any atom is 0.232 e. The van der Waals surface area contributed by atoms with Gasteiger partial charge in [0.25, 0.3) is 0 Å². The van der Waals surface area contributed by atoms with E-state index in [4.69, 9.17) is 4.74 Å². The second-order valence-electron chi connectivity index (χ2n) is 6.85. The van der Waals surface area contributed by atoms with Crippen LogP contribution in [0.5, 0.6) is 0 Å². The van der Waals surface area contributed by atoms with E-state index in [9.17, 15) is 4.79 Å². The lowest BCUT2D eigenvalue weighted by atomic mass is 9.68. The van der Waals surface area contributed by atoms with Gasteiger partial charge in [-0.15, -0.1) is 0 Å². The summed E-state index contributed by atoms with van der Waals surface area (Å²) in [5.74, 6) is 0.221. The van der Waals surface area contributed by atoms with E-state index in [1.165, 1.54) is 0 Å². The predicted octanol–water partition coefficient (Wildman–Crippen LogP) is 2.63. The van der Waals surface area contributed by atoms with E-state index >= 15 is 0 Å². The zero-order chi connectivity index (χ0) is 16.6. The van der Waals surface area contributed by atoms with Crippen molar-refractivity contribution in [2.75, 3.05) is 20.3 Å². The molecule has 0 radical (unpaired) electrons. The highest BCUT2D eigenvalue weighted by molar-refractivity contribution is 5.84. The molecule has 1 atom stereocenters. The smallest absolute Gasteiger partial charge is 0.232 e. The maximum atomic E-state index is 13.4. The first-order chi connectivity index (χ1) is 11.7. The number of pyridine rings is 1. The summed E-state index contributed by atoms with van der Waals surface area (Å²) < 4.78 is 7.62. The topological polar surface area (TPSA) is 47.4 Å². The minimum atomic E-state index is -0.337. The molecule has 2 aliphatic rings. The molecule has 1 fully saturated rings. The Labute approximate surface area is 142 Å². The fraction of sp³-hybridized carbons (Fsp3) is 0.474. The van der Waals surface area contributed by atoms with Gasteiger partial charge < -0.3 is 14.2 Å². The average molecular weight is 325 g/mol. The Hall–Kier alpha value is -2.14. The lowest BCUT2D eigenvalue weighted by Gasteiger charge is -2.46. The van der Waals surface area contributed by atoms with E-state index in [-0.39, 0.29) is 17.4 Å². The fourth-order valence-electron chi connectivity index (χ4n) is 4.06. The average Bonchev–Trinajstić information content (AvgIpc) is 3.06. The van der Waals surface area contributed by atoms with Crippen LogP contribution in [0.1, 0.15) is 36.7 Å². The molecule has 0 N–H and O–H groups in total. The zero-order valence-corrected chi connectivity index (χ0v) is 14.0. The number of nitrogens with zero attached hydrogens (tertiary/aromatic N) is 3. The monoisotopic (exact) mass is 325 g/mol. The summed E-state index contributed by atoms with van der Waals surface area (Å²) in [6.45, 7) is 2.06. The van der Waals surface area contributed by atoms with Crippen LogP contribution in [0.15, 0.2) is 42.7 Å². The number of fused-ring (bicyclic) bond motifs is 1. The number of hydrogen-bond acceptors (Lipinski definition) is 3. The van der Waals surface area contributed by atoms with E-state index in [1.54, 1.807) is 13.3 Å². The molecule has 4 rings (SSSR count). The summed E-state index contributed by atoms with van der Waals surface area (Å²) in [5, 5.41) is 0. The van der Waals surface area contributed by atoms with Gasteiger partial charge in [-0.1, -0.05) is 12.5 Å². The van der Waals surface area contributed by atoms with Gasteiger partial charge in [0.1, 0.15) is 6.04 Å². The molecule has 1 amide bonds. The molecule has 126 valence electrons. The van der Waals surface area contributed by atoms with E-state index < -0.39 is 0 Å². The van der Waals surface area contributed by atoms with Crippen LogP contribution in [0.2, 0.25) is 0 Å². The number of aromatic nitrogens is 2. The van der Waals surface area contributed by atoms with Crippen molar-refractivity contribution in [1.29, 1.82) is 0 Å². The first kappa shape index (κ1) is 15.4. The van der Waals surface area contributed by atoms with Crippen LogP contribution < -0.4 is 0 Å². The molecule has 24 heavy (non-hydrogen) atoms. The van der Waals surface area contributed by atoms with Gasteiger partial charge in [0.2, 0.25) is 5.91 Å². The maximum absolute atomic E-state index is 13.4. The molecule has 0 bridgehead atoms. The van der Waals surface area contributed by atoms with Gasteiger partial charge in [0.05, 0.1) is 17.7 Å². The van der Waals surface area contributed by atoms with Crippen LogP contribution in [-0.4, -0.2) is 40.6 Å². The Morgan fingerprint density at radius 3 is 2.83 bits per heavy atom. The summed E-state index contributed by atoms with van der Waals surface area (Å²) in [5.41, 5.74) is 1.73. The highest BCUT2D eigenvalue weighted by atomic mass is 16.5. The van der Waals surface area contributed by atoms with E-state index in [0.717, 1.165) is 37.2 Å². The van der Waals surface area contributed by atoms with Crippen molar-refractivity contribution in [2.24, 2.45) is 5.41 Å². The SMILES string of the molecule is COCC1(C(=O)N2CCn3cccc3[C@H]2c2ccccn2)CCC1. The van der Waals surface area contributed by atoms with Crippen molar-refractivity contribution in [1.82, 2.24) is 14.5 Å². The Bertz CT molecular complexity index is 721. The number of amides is 1. The normalized spacial score (nSPS) is 21.9. The summed E-state index contributed by atoms with van der Waals surface area (Å²) in [6.07, 6.45) is 6.83. The molecule has 1 aliphatic heterocycles. The second kappa shape index (κ2) is 6.06. The molecule has 3 heterocycles. The highest BCUT2D eigenvalue weighted by Crippen LogP contribution is 2.45. The van der Waals surface area contributed by atoms with Gasteiger partial charge in [0, 0.05) is 38.3 Å². The van der Waals surface area contributed by atoms with Crippen molar-refractivity contribution < 1.29 is 9.53 Å². The number of hydrogen-bond donors (Lipinski definition) is 0. The van der Waals surface area contributed by atoms with Crippen molar-refractivity contribution in [3.63, 3.8) is 0 Å². The molecule has 0 aromatic carbocycles. The molecule has 1 aliphatic carbocycles. The number of ether oxygens (including phenoxy) is 1. The molecule has 1 saturated carbocycles. The van der Waals surface area contributed by atoms with Crippen molar-refractivity contribution in [2.45, 2.75) is 31.8 Å². The van der Waals surface area contributed by atoms with E-state index in [2.05, 4.69) is 21.8 Å². The molecule has 0 saturated heterocycles. The van der Waals surface area contributed by atoms with E-state index in [0.29, 0.717) is 13.2 Å². The summed E-state index contributed by atoms with van der Waals surface area (Å²) in [6, 6.07) is 9.95. The lowest BCUT2D eigenvalue weighted by Crippen LogP contribution is -2.54. The first-order valence-electron chi connectivity index (χ1n) is 8.61. The van der Waals surface area contributed by atoms with Gasteiger partial charge in [0.15, 0.2) is 0 Å². The Morgan fingerprint density at radius 2 is 2.17 bits per heavy atom. The first-order valence-corrected chi connectivity index (χ1v) is 8.61. The quantitative estimate of drug-likeness (QED) is 0.868. The molecule has 0 spiro atoms. The number of carbonyl (C=O) groups is 1. The van der Waals surface area contributed by atoms with Crippen molar-refractivity contribution in [3.05, 3.63) is 54.1 Å². The van der Waals surface area contributed by atoms with Gasteiger partial charge in [-0.25, -0.2) is 0 Å². The molecule has 5 heteroatoms. The fourth-order valence-corrected chi connectivity index (χ4v) is 4.06. The largest absolute Gasteiger partial charge is 0.384 e. The standard InChI is InChI=1S/C19H23N3O2/c1-24-14-19(8-5-9-19)18(23)22-13-12-21-11-4-7-16(21)17(22)15-6-2-3-10-20-15/h2-4,6-7,10-11,17H,5,8-9,12-14H2,1H3/t17-/m1/s1. The summed E-state index contributed by atoms with van der Waals surface area (Å²) in [7, 11) is 1.69. The van der Waals surface area contributed by atoms with Crippen LogP contribution >= 0.6 is 0 Å². The zero-order valence-electron chi connectivity index (χ0n) is 14.0. The molecule has 5 nitrogen and oxygen atoms in total. The highest BCUT2D eigenvalue weighted by Gasteiger charge is 2.49. The Balaban J connectivity index is 1.73. The number of methoxy groups -OCH3 is 1. The Morgan fingerprint density at radius 1 is 1.29 bits per heavy atom.